The summed E-state index contributed by atoms with van der Waals surface area (Å²) in [5, 5.41) is 29.5. The number of aromatic nitrogens is 3. The van der Waals surface area contributed by atoms with E-state index in [2.05, 4.69) is 20.7 Å². The van der Waals surface area contributed by atoms with Crippen LogP contribution < -0.4 is 10.6 Å². The van der Waals surface area contributed by atoms with Gasteiger partial charge < -0.3 is 15.5 Å². The molecule has 32 heavy (non-hydrogen) atoms. The highest BCUT2D eigenvalue weighted by Gasteiger charge is 2.18. The van der Waals surface area contributed by atoms with Crippen LogP contribution >= 0.6 is 0 Å². The maximum Gasteiger partial charge on any atom is 0.335 e. The number of amides is 1. The SMILES string of the molecule is O=C(O)c1ccc(C(O)Nc2nc(NC(=O)c3ccccc3)nn2-c2ccccc2)cc1. The minimum Gasteiger partial charge on any atom is -0.478 e. The minimum absolute atomic E-state index is 0.0543. The number of aromatic carboxylic acids is 1. The van der Waals surface area contributed by atoms with Crippen molar-refractivity contribution in [2.45, 2.75) is 6.23 Å². The monoisotopic (exact) mass is 429 g/mol. The van der Waals surface area contributed by atoms with Gasteiger partial charge in [0.1, 0.15) is 0 Å². The summed E-state index contributed by atoms with van der Waals surface area (Å²) in [4.78, 5) is 27.8. The van der Waals surface area contributed by atoms with Crippen LogP contribution in [-0.4, -0.2) is 36.9 Å². The molecule has 3 aromatic carbocycles. The third-order valence-corrected chi connectivity index (χ3v) is 4.61. The van der Waals surface area contributed by atoms with E-state index in [-0.39, 0.29) is 23.4 Å². The molecule has 0 aliphatic rings. The summed E-state index contributed by atoms with van der Waals surface area (Å²) in [6.07, 6.45) is -1.19. The number of benzene rings is 3. The summed E-state index contributed by atoms with van der Waals surface area (Å²) in [6.45, 7) is 0. The Morgan fingerprint density at radius 2 is 1.47 bits per heavy atom. The largest absolute Gasteiger partial charge is 0.478 e. The Bertz CT molecular complexity index is 1220. The molecule has 9 heteroatoms. The maximum absolute atomic E-state index is 12.5. The van der Waals surface area contributed by atoms with E-state index in [1.54, 1.807) is 36.4 Å². The summed E-state index contributed by atoms with van der Waals surface area (Å²) in [5.41, 5.74) is 1.67. The van der Waals surface area contributed by atoms with E-state index >= 15 is 0 Å². The lowest BCUT2D eigenvalue weighted by Crippen LogP contribution is -2.14. The van der Waals surface area contributed by atoms with Crippen molar-refractivity contribution in [3.63, 3.8) is 0 Å². The van der Waals surface area contributed by atoms with E-state index in [9.17, 15) is 14.7 Å². The van der Waals surface area contributed by atoms with Gasteiger partial charge in [-0.1, -0.05) is 48.5 Å². The zero-order valence-corrected chi connectivity index (χ0v) is 16.7. The fourth-order valence-electron chi connectivity index (χ4n) is 2.98. The second-order valence-electron chi connectivity index (χ2n) is 6.80. The van der Waals surface area contributed by atoms with Gasteiger partial charge in [0.15, 0.2) is 6.23 Å². The van der Waals surface area contributed by atoms with Gasteiger partial charge in [-0.3, -0.25) is 10.1 Å². The fraction of sp³-hybridized carbons (Fsp3) is 0.0435. The lowest BCUT2D eigenvalue weighted by atomic mass is 10.1. The molecule has 0 aliphatic heterocycles. The number of carbonyl (C=O) groups excluding carboxylic acids is 1. The van der Waals surface area contributed by atoms with Gasteiger partial charge in [0, 0.05) is 11.1 Å². The van der Waals surface area contributed by atoms with Crippen molar-refractivity contribution in [2.75, 3.05) is 10.6 Å². The van der Waals surface area contributed by atoms with Crippen molar-refractivity contribution >= 4 is 23.8 Å². The van der Waals surface area contributed by atoms with Crippen molar-refractivity contribution in [3.05, 3.63) is 102 Å². The summed E-state index contributed by atoms with van der Waals surface area (Å²) in [7, 11) is 0. The van der Waals surface area contributed by atoms with E-state index in [0.29, 0.717) is 16.8 Å². The number of nitrogens with one attached hydrogen (secondary N) is 2. The molecular weight excluding hydrogens is 410 g/mol. The van der Waals surface area contributed by atoms with Crippen molar-refractivity contribution in [1.82, 2.24) is 14.8 Å². The summed E-state index contributed by atoms with van der Waals surface area (Å²) < 4.78 is 1.45. The van der Waals surface area contributed by atoms with Crippen molar-refractivity contribution in [3.8, 4) is 5.69 Å². The summed E-state index contributed by atoms with van der Waals surface area (Å²) in [6, 6.07) is 23.6. The molecule has 4 aromatic rings. The highest BCUT2D eigenvalue weighted by Crippen LogP contribution is 2.21. The normalized spacial score (nSPS) is 11.5. The van der Waals surface area contributed by atoms with Crippen molar-refractivity contribution in [1.29, 1.82) is 0 Å². The van der Waals surface area contributed by atoms with Gasteiger partial charge >= 0.3 is 5.97 Å². The summed E-state index contributed by atoms with van der Waals surface area (Å²) in [5.74, 6) is -1.18. The Balaban J connectivity index is 1.61. The van der Waals surface area contributed by atoms with Crippen LogP contribution in [0.15, 0.2) is 84.9 Å². The number of hydrogen-bond acceptors (Lipinski definition) is 6. The number of anilines is 2. The maximum atomic E-state index is 12.5. The predicted molar refractivity (Wildman–Crippen MR) is 118 cm³/mol. The van der Waals surface area contributed by atoms with Crippen molar-refractivity contribution in [2.24, 2.45) is 0 Å². The molecule has 9 nitrogen and oxygen atoms in total. The zero-order chi connectivity index (χ0) is 22.5. The first-order valence-corrected chi connectivity index (χ1v) is 9.68. The Morgan fingerprint density at radius 1 is 0.844 bits per heavy atom. The van der Waals surface area contributed by atoms with Crippen LogP contribution in [0.25, 0.3) is 5.69 Å². The van der Waals surface area contributed by atoms with Crippen LogP contribution in [0, 0.1) is 0 Å². The van der Waals surface area contributed by atoms with Crippen LogP contribution in [0.3, 0.4) is 0 Å². The molecule has 0 bridgehead atoms. The molecule has 0 saturated carbocycles. The molecule has 160 valence electrons. The van der Waals surface area contributed by atoms with Gasteiger partial charge in [0.25, 0.3) is 11.9 Å². The lowest BCUT2D eigenvalue weighted by Gasteiger charge is -2.14. The highest BCUT2D eigenvalue weighted by molar-refractivity contribution is 6.03. The molecule has 1 amide bonds. The first-order valence-electron chi connectivity index (χ1n) is 9.68. The zero-order valence-electron chi connectivity index (χ0n) is 16.7. The molecule has 1 atom stereocenters. The number of aliphatic hydroxyl groups excluding tert-OH is 1. The van der Waals surface area contributed by atoms with Gasteiger partial charge in [0.2, 0.25) is 5.95 Å². The number of nitrogens with zero attached hydrogens (tertiary/aromatic N) is 3. The molecule has 1 unspecified atom stereocenters. The molecule has 4 rings (SSSR count). The van der Waals surface area contributed by atoms with Crippen LogP contribution in [0.5, 0.6) is 0 Å². The minimum atomic E-state index is -1.19. The lowest BCUT2D eigenvalue weighted by molar-refractivity contribution is 0.0696. The fourth-order valence-corrected chi connectivity index (χ4v) is 2.98. The third-order valence-electron chi connectivity index (χ3n) is 4.61. The number of para-hydroxylation sites is 1. The average Bonchev–Trinajstić information content (AvgIpc) is 3.22. The van der Waals surface area contributed by atoms with Crippen LogP contribution in [0.4, 0.5) is 11.9 Å². The number of carboxylic acids is 1. The molecule has 4 N–H and O–H groups in total. The molecule has 0 aliphatic carbocycles. The number of rotatable bonds is 7. The molecule has 1 heterocycles. The third kappa shape index (κ3) is 4.63. The predicted octanol–water partition coefficient (Wildman–Crippen LogP) is 3.32. The Hall–Kier alpha value is -4.50. The van der Waals surface area contributed by atoms with E-state index in [1.165, 1.54) is 28.9 Å². The smallest absolute Gasteiger partial charge is 0.335 e. The molecule has 0 spiro atoms. The standard InChI is InChI=1S/C23H19N5O4/c29-19(15-7-3-1-4-8-15)24-22-26-23(28(27-22)18-9-5-2-6-10-18)25-20(30)16-11-13-17(14-12-16)21(31)32/h1-14,20,30H,(H,31,32)(H2,24,25,26,27,29). The topological polar surface area (TPSA) is 129 Å². The van der Waals surface area contributed by atoms with Gasteiger partial charge in [-0.15, -0.1) is 5.10 Å². The van der Waals surface area contributed by atoms with E-state index in [4.69, 9.17) is 5.11 Å². The van der Waals surface area contributed by atoms with E-state index in [1.807, 2.05) is 24.3 Å². The number of carbonyl (C=O) groups is 2. The van der Waals surface area contributed by atoms with Gasteiger partial charge in [-0.05, 0) is 36.4 Å². The van der Waals surface area contributed by atoms with Crippen LogP contribution in [-0.2, 0) is 0 Å². The molecule has 1 aromatic heterocycles. The average molecular weight is 429 g/mol. The highest BCUT2D eigenvalue weighted by atomic mass is 16.4. The molecule has 0 radical (unpaired) electrons. The van der Waals surface area contributed by atoms with E-state index < -0.39 is 12.2 Å². The second-order valence-corrected chi connectivity index (χ2v) is 6.80. The van der Waals surface area contributed by atoms with Gasteiger partial charge in [-0.2, -0.15) is 9.67 Å². The van der Waals surface area contributed by atoms with E-state index in [0.717, 1.165) is 0 Å². The second kappa shape index (κ2) is 9.11. The number of aliphatic hydroxyl groups is 1. The molecule has 0 saturated heterocycles. The number of carboxylic acid groups (broad SMARTS) is 1. The van der Waals surface area contributed by atoms with Crippen molar-refractivity contribution < 1.29 is 19.8 Å². The molecular formula is C23H19N5O4. The first-order chi connectivity index (χ1) is 15.5. The molecule has 0 fully saturated rings. The summed E-state index contributed by atoms with van der Waals surface area (Å²) >= 11 is 0. The number of hydrogen-bond donors (Lipinski definition) is 4. The Morgan fingerprint density at radius 3 is 2.09 bits per heavy atom. The Labute approximate surface area is 183 Å². The van der Waals surface area contributed by atoms with Gasteiger partial charge in [0.05, 0.1) is 11.3 Å². The van der Waals surface area contributed by atoms with Gasteiger partial charge in [-0.25, -0.2) is 4.79 Å². The first kappa shape index (κ1) is 20.8. The Kier molecular flexibility index (Phi) is 5.91. The quantitative estimate of drug-likeness (QED) is 0.332. The van der Waals surface area contributed by atoms with Crippen LogP contribution in [0.2, 0.25) is 0 Å². The van der Waals surface area contributed by atoms with Crippen LogP contribution in [0.1, 0.15) is 32.5 Å².